The fourth-order valence-corrected chi connectivity index (χ4v) is 2.69. The van der Waals surface area contributed by atoms with E-state index in [0.29, 0.717) is 13.2 Å². The van der Waals surface area contributed by atoms with Gasteiger partial charge in [0.1, 0.15) is 0 Å². The van der Waals surface area contributed by atoms with E-state index in [4.69, 9.17) is 4.74 Å². The maximum atomic E-state index is 12.1. The minimum Gasteiger partial charge on any atom is -0.378 e. The molecule has 1 amide bonds. The van der Waals surface area contributed by atoms with Crippen molar-refractivity contribution in [3.8, 4) is 0 Å². The van der Waals surface area contributed by atoms with Gasteiger partial charge in [-0.05, 0) is 22.0 Å². The molecule has 1 aromatic rings. The molecule has 90 valence electrons. The molecule has 3 rings (SSSR count). The first-order valence-electron chi connectivity index (χ1n) is 5.44. The molecule has 6 heteroatoms. The van der Waals surface area contributed by atoms with E-state index in [-0.39, 0.29) is 17.9 Å². The van der Waals surface area contributed by atoms with Crippen molar-refractivity contribution in [2.45, 2.75) is 6.04 Å². The highest BCUT2D eigenvalue weighted by atomic mass is 79.9. The normalized spacial score (nSPS) is 27.2. The van der Waals surface area contributed by atoms with Crippen LogP contribution in [0.3, 0.4) is 0 Å². The van der Waals surface area contributed by atoms with Crippen molar-refractivity contribution >= 4 is 33.3 Å². The Kier molecular flexibility index (Phi) is 2.56. The lowest BCUT2D eigenvalue weighted by Crippen LogP contribution is -2.40. The summed E-state index contributed by atoms with van der Waals surface area (Å²) < 4.78 is 6.24. The topological polar surface area (TPSA) is 54.5 Å². The molecule has 2 unspecified atom stereocenters. The van der Waals surface area contributed by atoms with Crippen LogP contribution < -0.4 is 10.2 Å². The Balaban J connectivity index is 2.08. The van der Waals surface area contributed by atoms with Gasteiger partial charge in [-0.25, -0.2) is 4.98 Å². The van der Waals surface area contributed by atoms with Crippen LogP contribution in [0, 0.1) is 5.92 Å². The van der Waals surface area contributed by atoms with Crippen LogP contribution >= 0.6 is 15.9 Å². The summed E-state index contributed by atoms with van der Waals surface area (Å²) in [6.07, 6.45) is 1.73. The van der Waals surface area contributed by atoms with Crippen LogP contribution in [0.4, 0.5) is 11.5 Å². The number of fused-ring (bicyclic) bond motifs is 2. The Labute approximate surface area is 107 Å². The first-order valence-corrected chi connectivity index (χ1v) is 6.23. The molecule has 1 fully saturated rings. The van der Waals surface area contributed by atoms with Crippen LogP contribution in [0.5, 0.6) is 0 Å². The fraction of sp³-hybridized carbons (Fsp3) is 0.455. The van der Waals surface area contributed by atoms with E-state index in [9.17, 15) is 4.79 Å². The van der Waals surface area contributed by atoms with Crippen molar-refractivity contribution < 1.29 is 9.53 Å². The number of pyridine rings is 1. The average Bonchev–Trinajstić information content (AvgIpc) is 2.74. The van der Waals surface area contributed by atoms with Gasteiger partial charge in [0.25, 0.3) is 0 Å². The molecule has 5 nitrogen and oxygen atoms in total. The van der Waals surface area contributed by atoms with Gasteiger partial charge in [0, 0.05) is 17.7 Å². The fourth-order valence-electron chi connectivity index (χ4n) is 2.36. The Morgan fingerprint density at radius 2 is 2.41 bits per heavy atom. The second kappa shape index (κ2) is 3.96. The van der Waals surface area contributed by atoms with Gasteiger partial charge in [-0.1, -0.05) is 0 Å². The number of amides is 1. The number of likely N-dealkylation sites (N-methyl/N-ethyl adjacent to an activating group) is 1. The van der Waals surface area contributed by atoms with Crippen molar-refractivity contribution in [2.24, 2.45) is 5.92 Å². The summed E-state index contributed by atoms with van der Waals surface area (Å²) in [6, 6.07) is 1.95. The zero-order valence-electron chi connectivity index (χ0n) is 9.31. The van der Waals surface area contributed by atoms with Gasteiger partial charge < -0.3 is 15.0 Å². The molecular formula is C11H12BrN3O2. The summed E-state index contributed by atoms with van der Waals surface area (Å²) in [5, 5.41) is 2.91. The highest BCUT2D eigenvalue weighted by Crippen LogP contribution is 2.34. The van der Waals surface area contributed by atoms with Crippen LogP contribution in [0.2, 0.25) is 0 Å². The van der Waals surface area contributed by atoms with Crippen LogP contribution in [0.15, 0.2) is 16.7 Å². The van der Waals surface area contributed by atoms with Crippen molar-refractivity contribution in [1.82, 2.24) is 4.98 Å². The van der Waals surface area contributed by atoms with E-state index in [1.165, 1.54) is 0 Å². The lowest BCUT2D eigenvalue weighted by Gasteiger charge is -2.25. The van der Waals surface area contributed by atoms with Crippen LogP contribution in [0.25, 0.3) is 0 Å². The van der Waals surface area contributed by atoms with Crippen LogP contribution in [-0.4, -0.2) is 37.2 Å². The lowest BCUT2D eigenvalue weighted by molar-refractivity contribution is -0.120. The molecule has 2 aliphatic rings. The third-order valence-corrected chi connectivity index (χ3v) is 3.74. The van der Waals surface area contributed by atoms with Crippen molar-refractivity contribution in [3.05, 3.63) is 16.7 Å². The highest BCUT2D eigenvalue weighted by Gasteiger charge is 2.40. The largest absolute Gasteiger partial charge is 0.378 e. The van der Waals surface area contributed by atoms with E-state index in [1.54, 1.807) is 6.20 Å². The Hall–Kier alpha value is -1.14. The van der Waals surface area contributed by atoms with Gasteiger partial charge in [0.05, 0.1) is 30.9 Å². The number of carbonyl (C=O) groups is 1. The molecule has 0 saturated carbocycles. The molecule has 2 atom stereocenters. The van der Waals surface area contributed by atoms with E-state index >= 15 is 0 Å². The minimum atomic E-state index is -0.118. The van der Waals surface area contributed by atoms with Gasteiger partial charge in [-0.3, -0.25) is 4.79 Å². The molecule has 1 N–H and O–H groups in total. The number of nitrogens with one attached hydrogen (secondary N) is 1. The zero-order valence-corrected chi connectivity index (χ0v) is 10.9. The summed E-state index contributed by atoms with van der Waals surface area (Å²) in [5.74, 6) is 0.686. The Morgan fingerprint density at radius 3 is 3.24 bits per heavy atom. The molecule has 0 aliphatic carbocycles. The summed E-state index contributed by atoms with van der Waals surface area (Å²) in [5.41, 5.74) is 0.751. The number of hydrogen-bond donors (Lipinski definition) is 1. The van der Waals surface area contributed by atoms with Gasteiger partial charge in [0.2, 0.25) is 5.91 Å². The van der Waals surface area contributed by atoms with E-state index < -0.39 is 0 Å². The van der Waals surface area contributed by atoms with Crippen molar-refractivity contribution in [3.63, 3.8) is 0 Å². The predicted octanol–water partition coefficient (Wildman–Crippen LogP) is 1.25. The summed E-state index contributed by atoms with van der Waals surface area (Å²) in [6.45, 7) is 1.06. The maximum Gasteiger partial charge on any atom is 0.232 e. The molecular weight excluding hydrogens is 286 g/mol. The SMILES string of the molecule is CN1c2ncc(Br)cc2NC(=O)C2COCC21. The summed E-state index contributed by atoms with van der Waals surface area (Å²) in [7, 11) is 1.95. The van der Waals surface area contributed by atoms with Gasteiger partial charge >= 0.3 is 0 Å². The van der Waals surface area contributed by atoms with E-state index in [2.05, 4.69) is 26.2 Å². The number of anilines is 2. The number of hydrogen-bond acceptors (Lipinski definition) is 4. The molecule has 0 aromatic carbocycles. The summed E-state index contributed by atoms with van der Waals surface area (Å²) in [4.78, 5) is 18.4. The molecule has 0 bridgehead atoms. The number of rotatable bonds is 0. The Morgan fingerprint density at radius 1 is 1.59 bits per heavy atom. The molecule has 1 saturated heterocycles. The minimum absolute atomic E-state index is 0.0120. The molecule has 17 heavy (non-hydrogen) atoms. The third-order valence-electron chi connectivity index (χ3n) is 3.31. The predicted molar refractivity (Wildman–Crippen MR) is 67.1 cm³/mol. The van der Waals surface area contributed by atoms with E-state index in [0.717, 1.165) is 16.0 Å². The van der Waals surface area contributed by atoms with Gasteiger partial charge in [-0.2, -0.15) is 0 Å². The number of halogens is 1. The standard InChI is InChI=1S/C11H12BrN3O2/c1-15-9-5-17-4-7(9)11(16)14-8-2-6(12)3-13-10(8)15/h2-3,7,9H,4-5H2,1H3,(H,14,16). The first-order chi connectivity index (χ1) is 8.16. The first kappa shape index (κ1) is 11.0. The molecule has 2 aliphatic heterocycles. The van der Waals surface area contributed by atoms with Crippen LogP contribution in [-0.2, 0) is 9.53 Å². The van der Waals surface area contributed by atoms with Gasteiger partial charge in [0.15, 0.2) is 5.82 Å². The third kappa shape index (κ3) is 1.71. The number of aromatic nitrogens is 1. The molecule has 3 heterocycles. The second-order valence-electron chi connectivity index (χ2n) is 4.34. The van der Waals surface area contributed by atoms with Crippen LogP contribution in [0.1, 0.15) is 0 Å². The molecule has 1 aromatic heterocycles. The molecule has 0 radical (unpaired) electrons. The van der Waals surface area contributed by atoms with Crippen molar-refractivity contribution in [2.75, 3.05) is 30.5 Å². The second-order valence-corrected chi connectivity index (χ2v) is 5.25. The number of carbonyl (C=O) groups excluding carboxylic acids is 1. The maximum absolute atomic E-state index is 12.1. The lowest BCUT2D eigenvalue weighted by atomic mass is 10.0. The van der Waals surface area contributed by atoms with Gasteiger partial charge in [-0.15, -0.1) is 0 Å². The van der Waals surface area contributed by atoms with E-state index in [1.807, 2.05) is 18.0 Å². The summed E-state index contributed by atoms with van der Waals surface area (Å²) >= 11 is 3.36. The number of ether oxygens (including phenoxy) is 1. The molecule has 0 spiro atoms. The smallest absolute Gasteiger partial charge is 0.232 e. The zero-order chi connectivity index (χ0) is 12.0. The Bertz CT molecular complexity index is 480. The van der Waals surface area contributed by atoms with Crippen molar-refractivity contribution in [1.29, 1.82) is 0 Å². The monoisotopic (exact) mass is 297 g/mol. The number of nitrogens with zero attached hydrogens (tertiary/aromatic N) is 2. The highest BCUT2D eigenvalue weighted by molar-refractivity contribution is 9.10. The average molecular weight is 298 g/mol. The quantitative estimate of drug-likeness (QED) is 0.783.